The second-order valence-electron chi connectivity index (χ2n) is 3.66. The van der Waals surface area contributed by atoms with Gasteiger partial charge in [0.15, 0.2) is 0 Å². The number of carboxylic acids is 2. The summed E-state index contributed by atoms with van der Waals surface area (Å²) in [7, 11) is 0. The number of unbranched alkanes of at least 4 members (excludes halogenated alkanes) is 1. The van der Waals surface area contributed by atoms with Crippen LogP contribution < -0.4 is 5.32 Å². The van der Waals surface area contributed by atoms with Crippen molar-refractivity contribution in [3.05, 3.63) is 24.8 Å². The van der Waals surface area contributed by atoms with E-state index >= 15 is 0 Å². The lowest BCUT2D eigenvalue weighted by Crippen LogP contribution is -2.16. The van der Waals surface area contributed by atoms with Crippen LogP contribution in [0.4, 0.5) is 0 Å². The van der Waals surface area contributed by atoms with Crippen molar-refractivity contribution in [3.8, 4) is 0 Å². The molecule has 0 rings (SSSR count). The molecule has 0 atom stereocenters. The number of carboxylic acid groups (broad SMARTS) is 2. The van der Waals surface area contributed by atoms with Crippen molar-refractivity contribution in [2.75, 3.05) is 13.1 Å². The monoisotopic (exact) mass is 257 g/mol. The molecule has 0 aromatic heterocycles. The molecule has 0 saturated heterocycles. The SMILES string of the molecule is C=C(CCCNCCCC)C(=O)O.C=CC(=O)O. The van der Waals surface area contributed by atoms with Gasteiger partial charge in [-0.2, -0.15) is 0 Å². The third-order valence-corrected chi connectivity index (χ3v) is 2.02. The molecule has 5 heteroatoms. The van der Waals surface area contributed by atoms with Crippen LogP contribution in [0.3, 0.4) is 0 Å². The Morgan fingerprint density at radius 1 is 1.22 bits per heavy atom. The van der Waals surface area contributed by atoms with Gasteiger partial charge >= 0.3 is 11.9 Å². The van der Waals surface area contributed by atoms with Gasteiger partial charge in [-0.1, -0.05) is 26.5 Å². The standard InChI is InChI=1S/C10H19NO2.C3H4O2/c1-3-4-7-11-8-5-6-9(2)10(12)13;1-2-3(4)5/h11H,2-8H2,1H3,(H,12,13);2H,1H2,(H,4,5). The summed E-state index contributed by atoms with van der Waals surface area (Å²) in [5.41, 5.74) is 0.303. The van der Waals surface area contributed by atoms with Crippen molar-refractivity contribution in [2.45, 2.75) is 32.6 Å². The molecule has 0 heterocycles. The second kappa shape index (κ2) is 13.4. The van der Waals surface area contributed by atoms with Crippen LogP contribution in [0.15, 0.2) is 24.8 Å². The van der Waals surface area contributed by atoms with Crippen molar-refractivity contribution < 1.29 is 19.8 Å². The fourth-order valence-electron chi connectivity index (χ4n) is 0.960. The fourth-order valence-corrected chi connectivity index (χ4v) is 0.960. The summed E-state index contributed by atoms with van der Waals surface area (Å²) in [4.78, 5) is 19.6. The van der Waals surface area contributed by atoms with Gasteiger partial charge in [-0.25, -0.2) is 9.59 Å². The van der Waals surface area contributed by atoms with Crippen LogP contribution in [0.1, 0.15) is 32.6 Å². The minimum Gasteiger partial charge on any atom is -0.478 e. The summed E-state index contributed by atoms with van der Waals surface area (Å²) in [5, 5.41) is 19.4. The molecule has 104 valence electrons. The van der Waals surface area contributed by atoms with Gasteiger partial charge in [-0.05, 0) is 32.4 Å². The van der Waals surface area contributed by atoms with Gasteiger partial charge in [-0.15, -0.1) is 0 Å². The zero-order chi connectivity index (χ0) is 14.4. The summed E-state index contributed by atoms with van der Waals surface area (Å²) >= 11 is 0. The highest BCUT2D eigenvalue weighted by atomic mass is 16.4. The molecule has 0 amide bonds. The quantitative estimate of drug-likeness (QED) is 0.435. The maximum Gasteiger partial charge on any atom is 0.330 e. The Kier molecular flexibility index (Phi) is 14.0. The first-order chi connectivity index (χ1) is 8.45. The van der Waals surface area contributed by atoms with Crippen LogP contribution >= 0.6 is 0 Å². The molecule has 18 heavy (non-hydrogen) atoms. The average molecular weight is 257 g/mol. The largest absolute Gasteiger partial charge is 0.478 e. The molecular weight excluding hydrogens is 234 g/mol. The van der Waals surface area contributed by atoms with Crippen LogP contribution in [0, 0.1) is 0 Å². The number of carbonyl (C=O) groups is 2. The number of nitrogens with one attached hydrogen (secondary N) is 1. The molecule has 3 N–H and O–H groups in total. The second-order valence-corrected chi connectivity index (χ2v) is 3.66. The topological polar surface area (TPSA) is 86.6 Å². The first kappa shape index (κ1) is 18.7. The lowest BCUT2D eigenvalue weighted by atomic mass is 10.1. The van der Waals surface area contributed by atoms with E-state index in [1.165, 1.54) is 12.8 Å². The summed E-state index contributed by atoms with van der Waals surface area (Å²) in [5.74, 6) is -1.86. The van der Waals surface area contributed by atoms with E-state index in [0.29, 0.717) is 12.0 Å². The Labute approximate surface area is 108 Å². The molecule has 0 aromatic rings. The van der Waals surface area contributed by atoms with E-state index in [4.69, 9.17) is 10.2 Å². The number of hydrogen-bond donors (Lipinski definition) is 3. The van der Waals surface area contributed by atoms with Gasteiger partial charge in [0, 0.05) is 11.6 Å². The zero-order valence-corrected chi connectivity index (χ0v) is 10.9. The van der Waals surface area contributed by atoms with E-state index in [9.17, 15) is 9.59 Å². The van der Waals surface area contributed by atoms with Crippen LogP contribution in [-0.2, 0) is 9.59 Å². The molecule has 0 bridgehead atoms. The molecule has 0 aliphatic carbocycles. The summed E-state index contributed by atoms with van der Waals surface area (Å²) in [6.07, 6.45) is 4.64. The van der Waals surface area contributed by atoms with Crippen molar-refractivity contribution >= 4 is 11.9 Å². The lowest BCUT2D eigenvalue weighted by molar-refractivity contribution is -0.133. The molecule has 0 radical (unpaired) electrons. The molecular formula is C13H23NO4. The zero-order valence-electron chi connectivity index (χ0n) is 10.9. The first-order valence-electron chi connectivity index (χ1n) is 5.92. The maximum absolute atomic E-state index is 10.3. The minimum absolute atomic E-state index is 0.303. The predicted octanol–water partition coefficient (Wildman–Crippen LogP) is 2.05. The fraction of sp³-hybridized carbons (Fsp3) is 0.538. The van der Waals surface area contributed by atoms with Crippen LogP contribution in [0.25, 0.3) is 0 Å². The van der Waals surface area contributed by atoms with E-state index < -0.39 is 11.9 Å². The summed E-state index contributed by atoms with van der Waals surface area (Å²) < 4.78 is 0. The van der Waals surface area contributed by atoms with E-state index in [0.717, 1.165) is 25.6 Å². The Balaban J connectivity index is 0. The first-order valence-corrected chi connectivity index (χ1v) is 5.92. The Hall–Kier alpha value is -1.62. The van der Waals surface area contributed by atoms with Crippen molar-refractivity contribution in [1.29, 1.82) is 0 Å². The van der Waals surface area contributed by atoms with Crippen molar-refractivity contribution in [1.82, 2.24) is 5.32 Å². The van der Waals surface area contributed by atoms with Gasteiger partial charge in [-0.3, -0.25) is 0 Å². The molecule has 0 aromatic carbocycles. The molecule has 0 spiro atoms. The predicted molar refractivity (Wildman–Crippen MR) is 71.6 cm³/mol. The third-order valence-electron chi connectivity index (χ3n) is 2.02. The average Bonchev–Trinajstić information content (AvgIpc) is 2.33. The highest BCUT2D eigenvalue weighted by molar-refractivity contribution is 5.85. The van der Waals surface area contributed by atoms with E-state index in [2.05, 4.69) is 25.4 Å². The van der Waals surface area contributed by atoms with Gasteiger partial charge in [0.25, 0.3) is 0 Å². The lowest BCUT2D eigenvalue weighted by Gasteiger charge is -2.03. The Bertz CT molecular complexity index is 274. The van der Waals surface area contributed by atoms with Crippen LogP contribution in [0.2, 0.25) is 0 Å². The molecule has 0 unspecified atom stereocenters. The number of rotatable bonds is 9. The normalized spacial score (nSPS) is 8.94. The molecule has 0 aliphatic rings. The molecule has 5 nitrogen and oxygen atoms in total. The smallest absolute Gasteiger partial charge is 0.330 e. The molecule has 0 fully saturated rings. The van der Waals surface area contributed by atoms with Crippen LogP contribution in [0.5, 0.6) is 0 Å². The highest BCUT2D eigenvalue weighted by Gasteiger charge is 2.01. The van der Waals surface area contributed by atoms with Gasteiger partial charge in [0.05, 0.1) is 0 Å². The third kappa shape index (κ3) is 16.8. The summed E-state index contributed by atoms with van der Waals surface area (Å²) in [6.45, 7) is 10.5. The van der Waals surface area contributed by atoms with E-state index in [1.54, 1.807) is 0 Å². The maximum atomic E-state index is 10.3. The van der Waals surface area contributed by atoms with Crippen molar-refractivity contribution in [3.63, 3.8) is 0 Å². The number of hydrogen-bond acceptors (Lipinski definition) is 3. The molecule has 0 saturated carbocycles. The Morgan fingerprint density at radius 2 is 1.72 bits per heavy atom. The van der Waals surface area contributed by atoms with Gasteiger partial charge in [0.2, 0.25) is 0 Å². The van der Waals surface area contributed by atoms with E-state index in [-0.39, 0.29) is 0 Å². The number of aliphatic carboxylic acids is 2. The van der Waals surface area contributed by atoms with Gasteiger partial charge < -0.3 is 15.5 Å². The molecule has 0 aliphatic heterocycles. The van der Waals surface area contributed by atoms with E-state index in [1.807, 2.05) is 0 Å². The van der Waals surface area contributed by atoms with Crippen LogP contribution in [-0.4, -0.2) is 35.2 Å². The van der Waals surface area contributed by atoms with Crippen molar-refractivity contribution in [2.24, 2.45) is 0 Å². The summed E-state index contributed by atoms with van der Waals surface area (Å²) in [6, 6.07) is 0. The van der Waals surface area contributed by atoms with Gasteiger partial charge in [0.1, 0.15) is 0 Å². The Morgan fingerprint density at radius 3 is 2.11 bits per heavy atom. The minimum atomic E-state index is -0.981. The highest BCUT2D eigenvalue weighted by Crippen LogP contribution is 2.00.